The number of amides is 1. The topological polar surface area (TPSA) is 75.3 Å². The summed E-state index contributed by atoms with van der Waals surface area (Å²) < 4.78 is 0. The lowest BCUT2D eigenvalue weighted by Crippen LogP contribution is -2.16. The van der Waals surface area contributed by atoms with Crippen LogP contribution in [0.1, 0.15) is 28.4 Å². The number of phenolic OH excluding ortho intramolecular Hbond substituents is 1. The van der Waals surface area contributed by atoms with Gasteiger partial charge in [0.1, 0.15) is 5.75 Å². The number of aromatic hydroxyl groups is 1. The van der Waals surface area contributed by atoms with Gasteiger partial charge in [-0.25, -0.2) is 0 Å². The minimum atomic E-state index is -0.317. The molecule has 4 nitrogen and oxygen atoms in total. The third kappa shape index (κ3) is 2.74. The Hall–Kier alpha value is -2.49. The van der Waals surface area contributed by atoms with Crippen LogP contribution in [0.15, 0.2) is 36.4 Å². The smallest absolute Gasteiger partial charge is 0.257 e. The molecule has 0 saturated heterocycles. The summed E-state index contributed by atoms with van der Waals surface area (Å²) in [5, 5.41) is 12.4. The first-order valence-electron chi connectivity index (χ1n) is 6.51. The van der Waals surface area contributed by atoms with E-state index in [0.717, 1.165) is 23.2 Å². The first-order chi connectivity index (χ1) is 9.52. The summed E-state index contributed by atoms with van der Waals surface area (Å²) in [5.41, 5.74) is 9.27. The molecule has 0 aliphatic heterocycles. The molecule has 0 saturated carbocycles. The van der Waals surface area contributed by atoms with Gasteiger partial charge in [-0.3, -0.25) is 4.79 Å². The van der Waals surface area contributed by atoms with Gasteiger partial charge in [0.05, 0.1) is 5.56 Å². The maximum absolute atomic E-state index is 12.3. The van der Waals surface area contributed by atoms with Gasteiger partial charge in [-0.2, -0.15) is 0 Å². The summed E-state index contributed by atoms with van der Waals surface area (Å²) in [6.45, 7) is 3.98. The third-order valence-corrected chi connectivity index (χ3v) is 3.26. The van der Waals surface area contributed by atoms with Gasteiger partial charge < -0.3 is 16.2 Å². The molecule has 4 heteroatoms. The quantitative estimate of drug-likeness (QED) is 0.592. The van der Waals surface area contributed by atoms with Gasteiger partial charge in [-0.15, -0.1) is 0 Å². The van der Waals surface area contributed by atoms with E-state index in [1.807, 2.05) is 32.0 Å². The van der Waals surface area contributed by atoms with E-state index < -0.39 is 0 Å². The Morgan fingerprint density at radius 3 is 2.75 bits per heavy atom. The molecule has 0 bridgehead atoms. The molecule has 2 aromatic rings. The Balaban J connectivity index is 2.35. The van der Waals surface area contributed by atoms with Crippen molar-refractivity contribution in [3.05, 3.63) is 53.1 Å². The summed E-state index contributed by atoms with van der Waals surface area (Å²) in [5.74, 6) is -0.299. The molecule has 1 amide bonds. The molecular weight excluding hydrogens is 252 g/mol. The van der Waals surface area contributed by atoms with Crippen molar-refractivity contribution in [3.63, 3.8) is 0 Å². The number of aryl methyl sites for hydroxylation is 2. The van der Waals surface area contributed by atoms with Crippen LogP contribution in [0.25, 0.3) is 0 Å². The maximum Gasteiger partial charge on any atom is 0.257 e. The number of nitrogens with one attached hydrogen (secondary N) is 1. The van der Waals surface area contributed by atoms with Crippen molar-refractivity contribution in [2.45, 2.75) is 20.3 Å². The maximum atomic E-state index is 12.3. The molecule has 2 aromatic carbocycles. The van der Waals surface area contributed by atoms with Crippen molar-refractivity contribution in [2.24, 2.45) is 0 Å². The number of carbonyl (C=O) groups is 1. The first-order valence-corrected chi connectivity index (χ1v) is 6.51. The summed E-state index contributed by atoms with van der Waals surface area (Å²) in [4.78, 5) is 12.3. The van der Waals surface area contributed by atoms with E-state index >= 15 is 0 Å². The molecule has 0 fully saturated rings. The molecule has 2 rings (SSSR count). The first kappa shape index (κ1) is 13.9. The van der Waals surface area contributed by atoms with E-state index in [2.05, 4.69) is 5.32 Å². The minimum Gasteiger partial charge on any atom is -0.508 e. The van der Waals surface area contributed by atoms with Crippen LogP contribution >= 0.6 is 0 Å². The fraction of sp³-hybridized carbons (Fsp3) is 0.188. The number of anilines is 2. The van der Waals surface area contributed by atoms with Crippen molar-refractivity contribution < 1.29 is 9.90 Å². The summed E-state index contributed by atoms with van der Waals surface area (Å²) >= 11 is 0. The van der Waals surface area contributed by atoms with Gasteiger partial charge in [-0.05, 0) is 42.7 Å². The van der Waals surface area contributed by atoms with Gasteiger partial charge in [0, 0.05) is 11.4 Å². The number of para-hydroxylation sites is 1. The highest BCUT2D eigenvalue weighted by Crippen LogP contribution is 2.24. The van der Waals surface area contributed by atoms with E-state index in [-0.39, 0.29) is 17.2 Å². The van der Waals surface area contributed by atoms with Crippen molar-refractivity contribution in [1.29, 1.82) is 0 Å². The monoisotopic (exact) mass is 270 g/mol. The van der Waals surface area contributed by atoms with Crippen molar-refractivity contribution >= 4 is 17.3 Å². The highest BCUT2D eigenvalue weighted by Gasteiger charge is 2.13. The lowest BCUT2D eigenvalue weighted by Gasteiger charge is -2.14. The van der Waals surface area contributed by atoms with Crippen LogP contribution in [0, 0.1) is 6.92 Å². The molecule has 0 aliphatic carbocycles. The predicted molar refractivity (Wildman–Crippen MR) is 81.0 cm³/mol. The van der Waals surface area contributed by atoms with E-state index in [9.17, 15) is 9.90 Å². The van der Waals surface area contributed by atoms with E-state index in [4.69, 9.17) is 5.73 Å². The molecule has 0 radical (unpaired) electrons. The number of hydrogen-bond donors (Lipinski definition) is 3. The highest BCUT2D eigenvalue weighted by atomic mass is 16.3. The third-order valence-electron chi connectivity index (χ3n) is 3.26. The van der Waals surface area contributed by atoms with Crippen molar-refractivity contribution in [2.75, 3.05) is 11.1 Å². The molecule has 0 heterocycles. The lowest BCUT2D eigenvalue weighted by molar-refractivity contribution is 0.102. The highest BCUT2D eigenvalue weighted by molar-refractivity contribution is 6.08. The van der Waals surface area contributed by atoms with E-state index in [1.54, 1.807) is 0 Å². The average molecular weight is 270 g/mol. The van der Waals surface area contributed by atoms with Gasteiger partial charge >= 0.3 is 0 Å². The fourth-order valence-corrected chi connectivity index (χ4v) is 2.12. The molecule has 0 unspecified atom stereocenters. The largest absolute Gasteiger partial charge is 0.508 e. The van der Waals surface area contributed by atoms with Crippen LogP contribution in [0.4, 0.5) is 11.4 Å². The Bertz CT molecular complexity index is 651. The normalized spacial score (nSPS) is 10.3. The molecule has 20 heavy (non-hydrogen) atoms. The summed E-state index contributed by atoms with van der Waals surface area (Å²) in [6, 6.07) is 10.2. The Morgan fingerprint density at radius 2 is 2.05 bits per heavy atom. The molecule has 0 aromatic heterocycles. The van der Waals surface area contributed by atoms with Crippen molar-refractivity contribution in [1.82, 2.24) is 0 Å². The van der Waals surface area contributed by atoms with Crippen LogP contribution in [0.3, 0.4) is 0 Å². The fourth-order valence-electron chi connectivity index (χ4n) is 2.12. The van der Waals surface area contributed by atoms with E-state index in [1.165, 1.54) is 18.2 Å². The molecule has 0 aliphatic rings. The number of hydrogen-bond acceptors (Lipinski definition) is 3. The SMILES string of the molecule is CCc1cccc(C)c1NC(=O)c1cc(O)ccc1N. The van der Waals surface area contributed by atoms with Gasteiger partial charge in [0.25, 0.3) is 5.91 Å². The van der Waals surface area contributed by atoms with Crippen LogP contribution in [-0.4, -0.2) is 11.0 Å². The zero-order valence-electron chi connectivity index (χ0n) is 11.6. The molecule has 0 atom stereocenters. The second-order valence-corrected chi connectivity index (χ2v) is 4.69. The Kier molecular flexibility index (Phi) is 3.94. The van der Waals surface area contributed by atoms with Crippen molar-refractivity contribution in [3.8, 4) is 5.75 Å². The number of benzene rings is 2. The van der Waals surface area contributed by atoms with Gasteiger partial charge in [0.2, 0.25) is 0 Å². The van der Waals surface area contributed by atoms with Gasteiger partial charge in [0.15, 0.2) is 0 Å². The number of carbonyl (C=O) groups excluding carboxylic acids is 1. The summed E-state index contributed by atoms with van der Waals surface area (Å²) in [6.07, 6.45) is 0.826. The lowest BCUT2D eigenvalue weighted by atomic mass is 10.0. The van der Waals surface area contributed by atoms with Crippen LogP contribution in [0.2, 0.25) is 0 Å². The number of nitrogen functional groups attached to an aromatic ring is 1. The van der Waals surface area contributed by atoms with Gasteiger partial charge in [-0.1, -0.05) is 25.1 Å². The molecular formula is C16H18N2O2. The summed E-state index contributed by atoms with van der Waals surface area (Å²) in [7, 11) is 0. The molecule has 104 valence electrons. The predicted octanol–water partition coefficient (Wildman–Crippen LogP) is 3.10. The standard InChI is InChI=1S/C16H18N2O2/c1-3-11-6-4-5-10(2)15(11)18-16(20)13-9-12(19)7-8-14(13)17/h4-9,19H,3,17H2,1-2H3,(H,18,20). The van der Waals surface area contributed by atoms with E-state index in [0.29, 0.717) is 5.69 Å². The minimum absolute atomic E-state index is 0.0184. The zero-order valence-corrected chi connectivity index (χ0v) is 11.6. The number of rotatable bonds is 3. The number of nitrogens with two attached hydrogens (primary N) is 1. The number of phenols is 1. The van der Waals surface area contributed by atoms with Crippen LogP contribution in [-0.2, 0) is 6.42 Å². The Labute approximate surface area is 118 Å². The Morgan fingerprint density at radius 1 is 1.30 bits per heavy atom. The second-order valence-electron chi connectivity index (χ2n) is 4.69. The second kappa shape index (κ2) is 5.65. The van der Waals surface area contributed by atoms with Crippen LogP contribution in [0.5, 0.6) is 5.75 Å². The average Bonchev–Trinajstić information content (AvgIpc) is 2.43. The molecule has 4 N–H and O–H groups in total. The zero-order chi connectivity index (χ0) is 14.7. The van der Waals surface area contributed by atoms with Crippen LogP contribution < -0.4 is 11.1 Å². The molecule has 0 spiro atoms.